The van der Waals surface area contributed by atoms with Crippen LogP contribution < -0.4 is 5.73 Å². The highest BCUT2D eigenvalue weighted by atomic mass is 16.2. The summed E-state index contributed by atoms with van der Waals surface area (Å²) in [6.45, 7) is 3.99. The third kappa shape index (κ3) is 4.70. The van der Waals surface area contributed by atoms with Crippen molar-refractivity contribution in [2.75, 3.05) is 13.1 Å². The lowest BCUT2D eigenvalue weighted by atomic mass is 9.78. The van der Waals surface area contributed by atoms with Gasteiger partial charge in [0.2, 0.25) is 5.91 Å². The van der Waals surface area contributed by atoms with E-state index in [-0.39, 0.29) is 0 Å². The molecule has 1 amide bonds. The summed E-state index contributed by atoms with van der Waals surface area (Å²) in [6, 6.07) is 0.569. The Morgan fingerprint density at radius 1 is 1.14 bits per heavy atom. The van der Waals surface area contributed by atoms with Gasteiger partial charge in [-0.2, -0.15) is 0 Å². The minimum atomic E-state index is 0.421. The zero-order chi connectivity index (χ0) is 15.1. The van der Waals surface area contributed by atoms with E-state index in [1.54, 1.807) is 0 Å². The fourth-order valence-electron chi connectivity index (χ4n) is 4.48. The summed E-state index contributed by atoms with van der Waals surface area (Å²) in [7, 11) is 0. The molecule has 1 heterocycles. The molecular formula is C18H34N2O. The summed E-state index contributed by atoms with van der Waals surface area (Å²) in [4.78, 5) is 14.9. The van der Waals surface area contributed by atoms with Crippen LogP contribution in [0.15, 0.2) is 0 Å². The molecule has 2 rings (SSSR count). The first-order chi connectivity index (χ1) is 10.3. The third-order valence-corrected chi connectivity index (χ3v) is 5.60. The molecule has 2 N–H and O–H groups in total. The van der Waals surface area contributed by atoms with Gasteiger partial charge in [0, 0.05) is 19.0 Å². The van der Waals surface area contributed by atoms with Crippen molar-refractivity contribution >= 4 is 5.91 Å². The molecule has 1 aliphatic heterocycles. The predicted octanol–water partition coefficient (Wildman–Crippen LogP) is 3.71. The van der Waals surface area contributed by atoms with Crippen molar-refractivity contribution in [3.05, 3.63) is 0 Å². The molecule has 0 aromatic carbocycles. The van der Waals surface area contributed by atoms with E-state index in [1.165, 1.54) is 51.4 Å². The van der Waals surface area contributed by atoms with Gasteiger partial charge in [-0.05, 0) is 56.9 Å². The fraction of sp³-hybridized carbons (Fsp3) is 0.944. The number of nitrogens with two attached hydrogens (primary N) is 1. The molecule has 1 saturated heterocycles. The number of nitrogens with zero attached hydrogens (tertiary/aromatic N) is 1. The molecule has 0 bridgehead atoms. The Bertz CT molecular complexity index is 310. The van der Waals surface area contributed by atoms with Gasteiger partial charge in [0.1, 0.15) is 0 Å². The Labute approximate surface area is 130 Å². The van der Waals surface area contributed by atoms with Crippen LogP contribution in [0.4, 0.5) is 0 Å². The average molecular weight is 294 g/mol. The van der Waals surface area contributed by atoms with Crippen molar-refractivity contribution in [3.8, 4) is 0 Å². The Morgan fingerprint density at radius 3 is 2.67 bits per heavy atom. The molecule has 2 fully saturated rings. The van der Waals surface area contributed by atoms with Crippen molar-refractivity contribution in [1.29, 1.82) is 0 Å². The molecule has 0 spiro atoms. The summed E-state index contributed by atoms with van der Waals surface area (Å²) in [6.07, 6.45) is 13.1. The number of piperidine rings is 1. The monoisotopic (exact) mass is 294 g/mol. The second-order valence-corrected chi connectivity index (χ2v) is 7.11. The van der Waals surface area contributed by atoms with E-state index in [9.17, 15) is 4.79 Å². The number of hydrogen-bond acceptors (Lipinski definition) is 2. The van der Waals surface area contributed by atoms with Gasteiger partial charge in [-0.1, -0.05) is 32.6 Å². The number of fused-ring (bicyclic) bond motifs is 1. The minimum absolute atomic E-state index is 0.421. The highest BCUT2D eigenvalue weighted by Gasteiger charge is 2.35. The molecule has 0 radical (unpaired) electrons. The Kier molecular flexibility index (Phi) is 7.01. The molecule has 0 aromatic heterocycles. The highest BCUT2D eigenvalue weighted by Crippen LogP contribution is 2.35. The standard InChI is InChI=1S/C18H34N2O/c1-2-6-15(12-13-19)10-11-18(21)20-14-5-8-16-7-3-4-9-17(16)20/h15-17H,2-14,19H2,1H3/t15?,16-,17-/m1/s1. The maximum absolute atomic E-state index is 12.7. The molecule has 2 aliphatic rings. The topological polar surface area (TPSA) is 46.3 Å². The van der Waals surface area contributed by atoms with E-state index < -0.39 is 0 Å². The molecule has 0 aromatic rings. The smallest absolute Gasteiger partial charge is 0.222 e. The van der Waals surface area contributed by atoms with E-state index in [0.717, 1.165) is 38.3 Å². The van der Waals surface area contributed by atoms with Gasteiger partial charge in [-0.25, -0.2) is 0 Å². The Morgan fingerprint density at radius 2 is 1.90 bits per heavy atom. The molecule has 3 nitrogen and oxygen atoms in total. The molecule has 3 heteroatoms. The van der Waals surface area contributed by atoms with Gasteiger partial charge < -0.3 is 10.6 Å². The second-order valence-electron chi connectivity index (χ2n) is 7.11. The van der Waals surface area contributed by atoms with Crippen LogP contribution in [-0.4, -0.2) is 29.9 Å². The van der Waals surface area contributed by atoms with Crippen LogP contribution >= 0.6 is 0 Å². The maximum Gasteiger partial charge on any atom is 0.222 e. The number of carbonyl (C=O) groups excluding carboxylic acids is 1. The summed E-state index contributed by atoms with van der Waals surface area (Å²) >= 11 is 0. The van der Waals surface area contributed by atoms with Crippen molar-refractivity contribution in [3.63, 3.8) is 0 Å². The van der Waals surface area contributed by atoms with E-state index in [4.69, 9.17) is 5.73 Å². The molecule has 1 aliphatic carbocycles. The fourth-order valence-corrected chi connectivity index (χ4v) is 4.48. The zero-order valence-corrected chi connectivity index (χ0v) is 13.9. The van der Waals surface area contributed by atoms with Crippen molar-refractivity contribution in [2.24, 2.45) is 17.6 Å². The lowest BCUT2D eigenvalue weighted by molar-refractivity contribution is -0.137. The van der Waals surface area contributed by atoms with Gasteiger partial charge in [0.05, 0.1) is 0 Å². The van der Waals surface area contributed by atoms with Crippen molar-refractivity contribution < 1.29 is 4.79 Å². The van der Waals surface area contributed by atoms with Gasteiger partial charge in [-0.15, -0.1) is 0 Å². The van der Waals surface area contributed by atoms with Gasteiger partial charge in [0.15, 0.2) is 0 Å². The molecule has 21 heavy (non-hydrogen) atoms. The molecule has 1 saturated carbocycles. The highest BCUT2D eigenvalue weighted by molar-refractivity contribution is 5.76. The van der Waals surface area contributed by atoms with Gasteiger partial charge in [0.25, 0.3) is 0 Å². The number of amides is 1. The van der Waals surface area contributed by atoms with Crippen LogP contribution in [0.5, 0.6) is 0 Å². The molecule has 1 unspecified atom stereocenters. The van der Waals surface area contributed by atoms with Crippen molar-refractivity contribution in [1.82, 2.24) is 4.90 Å². The lowest BCUT2D eigenvalue weighted by Gasteiger charge is -2.44. The van der Waals surface area contributed by atoms with Gasteiger partial charge in [-0.3, -0.25) is 4.79 Å². The van der Waals surface area contributed by atoms with Crippen LogP contribution in [0, 0.1) is 11.8 Å². The zero-order valence-electron chi connectivity index (χ0n) is 13.9. The summed E-state index contributed by atoms with van der Waals surface area (Å²) in [5.74, 6) is 1.87. The van der Waals surface area contributed by atoms with Crippen LogP contribution in [0.1, 0.15) is 77.6 Å². The summed E-state index contributed by atoms with van der Waals surface area (Å²) in [5, 5.41) is 0. The van der Waals surface area contributed by atoms with Crippen LogP contribution in [0.3, 0.4) is 0 Å². The largest absolute Gasteiger partial charge is 0.339 e. The van der Waals surface area contributed by atoms with E-state index in [2.05, 4.69) is 11.8 Å². The summed E-state index contributed by atoms with van der Waals surface area (Å²) < 4.78 is 0. The first-order valence-electron chi connectivity index (χ1n) is 9.25. The SMILES string of the molecule is CCCC(CCN)CCC(=O)N1CCC[C@H]2CCCC[C@H]21. The van der Waals surface area contributed by atoms with Crippen LogP contribution in [-0.2, 0) is 4.79 Å². The quantitative estimate of drug-likeness (QED) is 0.778. The molecular weight excluding hydrogens is 260 g/mol. The van der Waals surface area contributed by atoms with Crippen molar-refractivity contribution in [2.45, 2.75) is 83.6 Å². The maximum atomic E-state index is 12.7. The lowest BCUT2D eigenvalue weighted by Crippen LogP contribution is -2.49. The normalized spacial score (nSPS) is 27.2. The minimum Gasteiger partial charge on any atom is -0.339 e. The molecule has 122 valence electrons. The van der Waals surface area contributed by atoms with E-state index in [0.29, 0.717) is 17.9 Å². The molecule has 3 atom stereocenters. The predicted molar refractivity (Wildman–Crippen MR) is 88.0 cm³/mol. The Hall–Kier alpha value is -0.570. The van der Waals surface area contributed by atoms with Crippen LogP contribution in [0.25, 0.3) is 0 Å². The first kappa shape index (κ1) is 16.8. The first-order valence-corrected chi connectivity index (χ1v) is 9.25. The number of likely N-dealkylation sites (tertiary alicyclic amines) is 1. The number of hydrogen-bond donors (Lipinski definition) is 1. The summed E-state index contributed by atoms with van der Waals surface area (Å²) in [5.41, 5.74) is 5.70. The average Bonchev–Trinajstić information content (AvgIpc) is 2.52. The number of carbonyl (C=O) groups is 1. The van der Waals surface area contributed by atoms with Gasteiger partial charge >= 0.3 is 0 Å². The van der Waals surface area contributed by atoms with Crippen LogP contribution in [0.2, 0.25) is 0 Å². The Balaban J connectivity index is 1.83. The number of rotatable bonds is 7. The third-order valence-electron chi connectivity index (χ3n) is 5.60. The second kappa shape index (κ2) is 8.77. The van der Waals surface area contributed by atoms with E-state index >= 15 is 0 Å². The van der Waals surface area contributed by atoms with E-state index in [1.807, 2.05) is 0 Å².